The van der Waals surface area contributed by atoms with Gasteiger partial charge < -0.3 is 25.4 Å². The van der Waals surface area contributed by atoms with Crippen LogP contribution in [-0.2, 0) is 16.0 Å². The van der Waals surface area contributed by atoms with E-state index in [9.17, 15) is 24.3 Å². The molecular weight excluding hydrogens is 585 g/mol. The first kappa shape index (κ1) is 29.1. The highest BCUT2D eigenvalue weighted by molar-refractivity contribution is 6.42. The molecule has 11 nitrogen and oxygen atoms in total. The number of nitrogens with zero attached hydrogens (tertiary/aromatic N) is 3. The van der Waals surface area contributed by atoms with E-state index in [1.165, 1.54) is 18.3 Å². The molecule has 0 saturated carbocycles. The monoisotopic (exact) mass is 609 g/mol. The summed E-state index contributed by atoms with van der Waals surface area (Å²) < 4.78 is 6.18. The van der Waals surface area contributed by atoms with Gasteiger partial charge in [-0.1, -0.05) is 23.7 Å². The lowest BCUT2D eigenvalue weighted by Gasteiger charge is -2.29. The predicted octanol–water partition coefficient (Wildman–Crippen LogP) is 3.82. The van der Waals surface area contributed by atoms with Crippen molar-refractivity contribution in [3.63, 3.8) is 0 Å². The van der Waals surface area contributed by atoms with Gasteiger partial charge in [0.05, 0.1) is 18.2 Å². The first-order valence-corrected chi connectivity index (χ1v) is 13.7. The summed E-state index contributed by atoms with van der Waals surface area (Å²) in [5, 5.41) is 15.7. The number of morpholine rings is 1. The van der Waals surface area contributed by atoms with Crippen molar-refractivity contribution in [3.8, 4) is 0 Å². The smallest absolute Gasteiger partial charge is 0.326 e. The van der Waals surface area contributed by atoms with Crippen LogP contribution < -0.4 is 30.8 Å². The third kappa shape index (κ3) is 6.23. The minimum absolute atomic E-state index is 0.00158. The summed E-state index contributed by atoms with van der Waals surface area (Å²) in [6.45, 7) is 2.86. The number of anilines is 5. The lowest BCUT2D eigenvalue weighted by atomic mass is 10.0. The largest absolute Gasteiger partial charge is 0.480 e. The Balaban J connectivity index is 1.25. The molecule has 3 aromatic carbocycles. The third-order valence-electron chi connectivity index (χ3n) is 6.78. The van der Waals surface area contributed by atoms with Crippen LogP contribution in [0.1, 0.15) is 15.9 Å². The van der Waals surface area contributed by atoms with Crippen LogP contribution in [0, 0.1) is 0 Å². The summed E-state index contributed by atoms with van der Waals surface area (Å²) in [4.78, 5) is 55.7. The molecule has 1 aromatic heterocycles. The van der Waals surface area contributed by atoms with Crippen LogP contribution in [0.4, 0.5) is 28.6 Å². The molecule has 0 radical (unpaired) electrons. The highest BCUT2D eigenvalue weighted by Crippen LogP contribution is 2.27. The molecule has 3 N–H and O–H groups in total. The number of aliphatic carboxylic acids is 1. The Bertz CT molecular complexity index is 1670. The fraction of sp³-hybridized carbons (Fsp3) is 0.207. The Kier molecular flexibility index (Phi) is 8.72. The van der Waals surface area contributed by atoms with Gasteiger partial charge in [0, 0.05) is 54.4 Å². The number of hydrogen-bond donors (Lipinski definition) is 3. The van der Waals surface area contributed by atoms with Gasteiger partial charge in [-0.2, -0.15) is 4.42 Å². The number of carboxylic acids is 1. The molecule has 1 aliphatic heterocycles. The van der Waals surface area contributed by atoms with E-state index in [1.807, 2.05) is 12.1 Å². The highest BCUT2D eigenvalue weighted by atomic mass is 35.5. The maximum absolute atomic E-state index is 12.8. The average Bonchev–Trinajstić information content (AvgIpc) is 3.02. The van der Waals surface area contributed by atoms with Crippen molar-refractivity contribution in [2.45, 2.75) is 12.5 Å². The minimum atomic E-state index is -1.23. The number of nitrogens with one attached hydrogen (secondary N) is 2. The second-order valence-corrected chi connectivity index (χ2v) is 10.3. The van der Waals surface area contributed by atoms with Crippen LogP contribution in [-0.4, -0.2) is 54.3 Å². The Morgan fingerprint density at radius 1 is 1.00 bits per heavy atom. The summed E-state index contributed by atoms with van der Waals surface area (Å²) >= 11 is 12.2. The van der Waals surface area contributed by atoms with Crippen molar-refractivity contribution in [2.24, 2.45) is 0 Å². The molecule has 1 fully saturated rings. The predicted molar refractivity (Wildman–Crippen MR) is 161 cm³/mol. The van der Waals surface area contributed by atoms with Crippen LogP contribution in [0.25, 0.3) is 0 Å². The van der Waals surface area contributed by atoms with E-state index in [4.69, 9.17) is 28.1 Å². The lowest BCUT2D eigenvalue weighted by molar-refractivity contribution is -0.137. The number of halogens is 2. The number of carbonyl (C=O) groups is 2. The van der Waals surface area contributed by atoms with Crippen molar-refractivity contribution in [3.05, 3.63) is 103 Å². The van der Waals surface area contributed by atoms with Crippen LogP contribution in [0.15, 0.2) is 76.4 Å². The van der Waals surface area contributed by atoms with Crippen LogP contribution >= 0.6 is 23.4 Å². The quantitative estimate of drug-likeness (QED) is 0.179. The Morgan fingerprint density at radius 2 is 1.67 bits per heavy atom. The van der Waals surface area contributed by atoms with E-state index in [1.54, 1.807) is 36.4 Å². The zero-order valence-electron chi connectivity index (χ0n) is 22.0. The molecule has 0 aliphatic carbocycles. The zero-order chi connectivity index (χ0) is 29.8. The van der Waals surface area contributed by atoms with E-state index >= 15 is 0 Å². The van der Waals surface area contributed by atoms with E-state index in [0.29, 0.717) is 24.5 Å². The van der Waals surface area contributed by atoms with Gasteiger partial charge in [-0.15, -0.1) is 0 Å². The van der Waals surface area contributed by atoms with Crippen molar-refractivity contribution >= 4 is 63.8 Å². The molecule has 1 saturated heterocycles. The van der Waals surface area contributed by atoms with E-state index in [-0.39, 0.29) is 34.2 Å². The van der Waals surface area contributed by atoms with Crippen LogP contribution in [0.5, 0.6) is 0 Å². The highest BCUT2D eigenvalue weighted by Gasteiger charge is 2.27. The van der Waals surface area contributed by atoms with Crippen molar-refractivity contribution in [1.82, 2.24) is 4.98 Å². The fourth-order valence-corrected chi connectivity index (χ4v) is 4.98. The molecule has 4 aromatic rings. The van der Waals surface area contributed by atoms with Gasteiger partial charge in [0.15, 0.2) is 5.82 Å². The van der Waals surface area contributed by atoms with E-state index in [0.717, 1.165) is 23.2 Å². The fourth-order valence-electron chi connectivity index (χ4n) is 4.49. The molecule has 1 aliphatic rings. The van der Waals surface area contributed by atoms with Crippen molar-refractivity contribution < 1.29 is 19.4 Å². The van der Waals surface area contributed by atoms with Crippen LogP contribution in [0.3, 0.4) is 0 Å². The number of amides is 1. The zero-order valence-corrected chi connectivity index (χ0v) is 23.6. The Hall–Kier alpha value is -4.45. The number of ether oxygens (including phenoxy) is 1. The topological polar surface area (TPSA) is 141 Å². The molecule has 2 heterocycles. The number of hydrogen-bond acceptors (Lipinski definition) is 9. The van der Waals surface area contributed by atoms with Gasteiger partial charge in [0.1, 0.15) is 17.4 Å². The average molecular weight is 610 g/mol. The molecule has 0 unspecified atom stereocenters. The molecule has 216 valence electrons. The maximum atomic E-state index is 12.8. The summed E-state index contributed by atoms with van der Waals surface area (Å²) in [6.07, 6.45) is 1.41. The number of carbonyl (C=O) groups excluding carboxylic acids is 1. The number of aromatic nitrogens is 1. The summed E-state index contributed by atoms with van der Waals surface area (Å²) in [5.41, 5.74) is 0.743. The van der Waals surface area contributed by atoms with Gasteiger partial charge >= 0.3 is 5.97 Å². The lowest BCUT2D eigenvalue weighted by Crippen LogP contribution is -2.42. The number of pyridine rings is 1. The van der Waals surface area contributed by atoms with Gasteiger partial charge in [-0.3, -0.25) is 14.4 Å². The maximum Gasteiger partial charge on any atom is 0.326 e. The molecular formula is C29H25Cl2N5O6. The summed E-state index contributed by atoms with van der Waals surface area (Å²) in [5.74, 6) is -1.72. The minimum Gasteiger partial charge on any atom is -0.480 e. The first-order chi connectivity index (χ1) is 20.2. The summed E-state index contributed by atoms with van der Waals surface area (Å²) in [7, 11) is 0. The molecule has 0 spiro atoms. The molecule has 1 atom stereocenters. The molecule has 0 bridgehead atoms. The third-order valence-corrected chi connectivity index (χ3v) is 7.39. The first-order valence-electron chi connectivity index (χ1n) is 12.9. The molecule has 42 heavy (non-hydrogen) atoms. The number of carboxylic acid groups (broad SMARTS) is 1. The van der Waals surface area contributed by atoms with Gasteiger partial charge in [-0.05, 0) is 54.1 Å². The van der Waals surface area contributed by atoms with E-state index in [2.05, 4.69) is 20.5 Å². The van der Waals surface area contributed by atoms with Gasteiger partial charge in [0.2, 0.25) is 0 Å². The van der Waals surface area contributed by atoms with Crippen molar-refractivity contribution in [1.29, 1.82) is 0 Å². The SMILES string of the molecule is O=C(O)[C@H](Cc1ccc(C(=O)N(Cl)c2ncccc2Cl)cc1)Nc1c(Nc2ccc(N3CCOCC3)cc2)c(=O)c1=O. The van der Waals surface area contributed by atoms with Gasteiger partial charge in [0.25, 0.3) is 16.8 Å². The second-order valence-electron chi connectivity index (χ2n) is 9.51. The molecule has 1 amide bonds. The van der Waals surface area contributed by atoms with E-state index < -0.39 is 28.8 Å². The van der Waals surface area contributed by atoms with Crippen LogP contribution in [0.2, 0.25) is 5.02 Å². The van der Waals surface area contributed by atoms with Gasteiger partial charge in [-0.25, -0.2) is 9.78 Å². The normalized spacial score (nSPS) is 13.9. The Labute approximate surface area is 250 Å². The molecule has 13 heteroatoms. The molecule has 5 rings (SSSR count). The second kappa shape index (κ2) is 12.6. The standard InChI is InChI=1S/C29H25Cl2N5O6/c30-21-2-1-11-32-27(21)36(31)28(39)18-5-3-17(4-6-18)16-22(29(40)41)34-24-23(25(37)26(24)38)33-19-7-9-20(10-8-19)35-12-14-42-15-13-35/h1-11,22,33-34H,12-16H2,(H,40,41)/t22-/m0/s1. The summed E-state index contributed by atoms with van der Waals surface area (Å²) in [6, 6.07) is 15.4. The Morgan fingerprint density at radius 3 is 2.31 bits per heavy atom. The van der Waals surface area contributed by atoms with Crippen molar-refractivity contribution in [2.75, 3.05) is 46.3 Å². The number of rotatable bonds is 10. The number of benzene rings is 2.